The van der Waals surface area contributed by atoms with Crippen molar-refractivity contribution >= 4 is 60.5 Å². The van der Waals surface area contributed by atoms with Crippen LogP contribution >= 0.6 is 54.8 Å². The van der Waals surface area contributed by atoms with Gasteiger partial charge in [-0.2, -0.15) is 0 Å². The normalized spacial score (nSPS) is 10.4. The zero-order valence-corrected chi connectivity index (χ0v) is 12.9. The Labute approximate surface area is 120 Å². The van der Waals surface area contributed by atoms with Gasteiger partial charge in [-0.3, -0.25) is 0 Å². The molecule has 0 bridgehead atoms. The molecule has 0 spiro atoms. The van der Waals surface area contributed by atoms with Crippen LogP contribution in [0.3, 0.4) is 0 Å². The lowest BCUT2D eigenvalue weighted by atomic mass is 10.3. The van der Waals surface area contributed by atoms with Gasteiger partial charge in [0.25, 0.3) is 0 Å². The smallest absolute Gasteiger partial charge is 0.0568 e. The molecule has 0 aliphatic rings. The molecule has 0 saturated heterocycles. The van der Waals surface area contributed by atoms with E-state index < -0.39 is 0 Å². The first kappa shape index (κ1) is 12.4. The maximum Gasteiger partial charge on any atom is 0.0568 e. The van der Waals surface area contributed by atoms with Gasteiger partial charge in [-0.15, -0.1) is 11.3 Å². The van der Waals surface area contributed by atoms with Gasteiger partial charge in [-0.25, -0.2) is 0 Å². The Morgan fingerprint density at radius 2 is 2.00 bits per heavy atom. The van der Waals surface area contributed by atoms with Crippen molar-refractivity contribution in [3.8, 4) is 0 Å². The molecule has 2 aromatic rings. The van der Waals surface area contributed by atoms with E-state index >= 15 is 0 Å². The largest absolute Gasteiger partial charge is 0.380 e. The molecule has 16 heavy (non-hydrogen) atoms. The van der Waals surface area contributed by atoms with Crippen molar-refractivity contribution in [2.75, 3.05) is 5.32 Å². The van der Waals surface area contributed by atoms with Crippen LogP contribution in [-0.2, 0) is 6.54 Å². The van der Waals surface area contributed by atoms with Crippen molar-refractivity contribution in [1.82, 2.24) is 0 Å². The van der Waals surface area contributed by atoms with Gasteiger partial charge in [0.05, 0.1) is 11.6 Å². The highest BCUT2D eigenvalue weighted by Gasteiger charge is 2.02. The molecule has 1 heterocycles. The SMILES string of the molecule is Clc1cc(NCc2sccc2Br)ccc1Br. The summed E-state index contributed by atoms with van der Waals surface area (Å²) in [6, 6.07) is 7.90. The Bertz CT molecular complexity index is 498. The van der Waals surface area contributed by atoms with Crippen LogP contribution in [0.25, 0.3) is 0 Å². The van der Waals surface area contributed by atoms with Crippen molar-refractivity contribution in [2.45, 2.75) is 6.54 Å². The van der Waals surface area contributed by atoms with E-state index in [1.807, 2.05) is 18.2 Å². The lowest BCUT2D eigenvalue weighted by Gasteiger charge is -2.06. The van der Waals surface area contributed by atoms with Gasteiger partial charge >= 0.3 is 0 Å². The fraction of sp³-hybridized carbons (Fsp3) is 0.0909. The second-order valence-electron chi connectivity index (χ2n) is 3.17. The van der Waals surface area contributed by atoms with Crippen molar-refractivity contribution in [2.24, 2.45) is 0 Å². The first-order valence-corrected chi connectivity index (χ1v) is 7.42. The summed E-state index contributed by atoms with van der Waals surface area (Å²) < 4.78 is 2.06. The zero-order valence-electron chi connectivity index (χ0n) is 8.14. The summed E-state index contributed by atoms with van der Waals surface area (Å²) in [7, 11) is 0. The highest BCUT2D eigenvalue weighted by Crippen LogP contribution is 2.27. The molecule has 0 aliphatic heterocycles. The third kappa shape index (κ3) is 3.00. The number of rotatable bonds is 3. The van der Waals surface area contributed by atoms with Gasteiger partial charge < -0.3 is 5.32 Å². The third-order valence-corrected chi connectivity index (χ3v) is 5.22. The first-order valence-electron chi connectivity index (χ1n) is 4.57. The molecule has 1 N–H and O–H groups in total. The van der Waals surface area contributed by atoms with E-state index in [1.54, 1.807) is 11.3 Å². The number of thiophene rings is 1. The second kappa shape index (κ2) is 5.54. The highest BCUT2D eigenvalue weighted by atomic mass is 79.9. The number of anilines is 1. The maximum atomic E-state index is 6.01. The Morgan fingerprint density at radius 1 is 1.19 bits per heavy atom. The minimum Gasteiger partial charge on any atom is -0.380 e. The van der Waals surface area contributed by atoms with Gasteiger partial charge in [0.15, 0.2) is 0 Å². The van der Waals surface area contributed by atoms with Crippen LogP contribution < -0.4 is 5.32 Å². The fourth-order valence-electron chi connectivity index (χ4n) is 1.24. The molecule has 2 rings (SSSR count). The second-order valence-corrected chi connectivity index (χ2v) is 6.29. The molecule has 1 nitrogen and oxygen atoms in total. The van der Waals surface area contributed by atoms with E-state index in [0.717, 1.165) is 26.2 Å². The number of halogens is 3. The topological polar surface area (TPSA) is 12.0 Å². The van der Waals surface area contributed by atoms with Crippen LogP contribution in [0, 0.1) is 0 Å². The predicted octanol–water partition coefficient (Wildman–Crippen LogP) is 5.54. The highest BCUT2D eigenvalue weighted by molar-refractivity contribution is 9.10. The Hall–Kier alpha value is -0.0300. The lowest BCUT2D eigenvalue weighted by Crippen LogP contribution is -1.97. The monoisotopic (exact) mass is 379 g/mol. The van der Waals surface area contributed by atoms with Crippen molar-refractivity contribution in [3.05, 3.63) is 48.5 Å². The van der Waals surface area contributed by atoms with Gasteiger partial charge in [0, 0.05) is 19.5 Å². The quantitative estimate of drug-likeness (QED) is 0.736. The lowest BCUT2D eigenvalue weighted by molar-refractivity contribution is 1.18. The molecule has 0 amide bonds. The summed E-state index contributed by atoms with van der Waals surface area (Å²) in [5.41, 5.74) is 1.02. The summed E-state index contributed by atoms with van der Waals surface area (Å²) in [6.07, 6.45) is 0. The predicted molar refractivity (Wildman–Crippen MR) is 78.5 cm³/mol. The Kier molecular flexibility index (Phi) is 4.30. The van der Waals surface area contributed by atoms with E-state index in [-0.39, 0.29) is 0 Å². The van der Waals surface area contributed by atoms with E-state index in [4.69, 9.17) is 11.6 Å². The van der Waals surface area contributed by atoms with Gasteiger partial charge in [-0.1, -0.05) is 11.6 Å². The molecule has 1 aromatic carbocycles. The molecule has 0 unspecified atom stereocenters. The van der Waals surface area contributed by atoms with Crippen molar-refractivity contribution in [3.63, 3.8) is 0 Å². The molecule has 0 radical (unpaired) electrons. The minimum atomic E-state index is 0.718. The van der Waals surface area contributed by atoms with Gasteiger partial charge in [0.1, 0.15) is 0 Å². The van der Waals surface area contributed by atoms with E-state index in [2.05, 4.69) is 48.6 Å². The Balaban J connectivity index is 2.05. The van der Waals surface area contributed by atoms with Gasteiger partial charge in [0.2, 0.25) is 0 Å². The summed E-state index contributed by atoms with van der Waals surface area (Å²) in [5, 5.41) is 6.11. The van der Waals surface area contributed by atoms with Crippen molar-refractivity contribution in [1.29, 1.82) is 0 Å². The molecule has 0 fully saturated rings. The van der Waals surface area contributed by atoms with Crippen LogP contribution in [0.15, 0.2) is 38.6 Å². The summed E-state index contributed by atoms with van der Waals surface area (Å²) in [6.45, 7) is 0.802. The summed E-state index contributed by atoms with van der Waals surface area (Å²) in [4.78, 5) is 1.28. The number of benzene rings is 1. The van der Waals surface area contributed by atoms with Crippen LogP contribution in [0.2, 0.25) is 5.02 Å². The number of hydrogen-bond donors (Lipinski definition) is 1. The molecular weight excluding hydrogens is 373 g/mol. The molecule has 0 atom stereocenters. The summed E-state index contributed by atoms with van der Waals surface area (Å²) >= 11 is 14.6. The standard InChI is InChI=1S/C11H8Br2ClNS/c12-8-2-1-7(5-10(8)14)15-6-11-9(13)3-4-16-11/h1-5,15H,6H2. The van der Waals surface area contributed by atoms with E-state index in [0.29, 0.717) is 0 Å². The van der Waals surface area contributed by atoms with Crippen LogP contribution in [-0.4, -0.2) is 0 Å². The zero-order chi connectivity index (χ0) is 11.5. The first-order chi connectivity index (χ1) is 7.66. The van der Waals surface area contributed by atoms with E-state index in [9.17, 15) is 0 Å². The number of nitrogens with one attached hydrogen (secondary N) is 1. The minimum absolute atomic E-state index is 0.718. The number of hydrogen-bond acceptors (Lipinski definition) is 2. The molecule has 0 saturated carbocycles. The third-order valence-electron chi connectivity index (χ3n) is 2.06. The molecular formula is C11H8Br2ClNS. The van der Waals surface area contributed by atoms with E-state index in [1.165, 1.54) is 4.88 Å². The molecule has 84 valence electrons. The fourth-order valence-corrected chi connectivity index (χ4v) is 3.10. The average molecular weight is 382 g/mol. The molecule has 0 aliphatic carbocycles. The maximum absolute atomic E-state index is 6.01. The van der Waals surface area contributed by atoms with Gasteiger partial charge in [-0.05, 0) is 61.5 Å². The Morgan fingerprint density at radius 3 is 2.62 bits per heavy atom. The van der Waals surface area contributed by atoms with Crippen LogP contribution in [0.5, 0.6) is 0 Å². The van der Waals surface area contributed by atoms with Crippen LogP contribution in [0.1, 0.15) is 4.88 Å². The molecule has 5 heteroatoms. The summed E-state index contributed by atoms with van der Waals surface area (Å²) in [5.74, 6) is 0. The van der Waals surface area contributed by atoms with Crippen molar-refractivity contribution < 1.29 is 0 Å². The average Bonchev–Trinajstić information content (AvgIpc) is 2.66. The molecule has 1 aromatic heterocycles. The van der Waals surface area contributed by atoms with Crippen LogP contribution in [0.4, 0.5) is 5.69 Å².